The summed E-state index contributed by atoms with van der Waals surface area (Å²) in [6.45, 7) is 6.56. The van der Waals surface area contributed by atoms with Crippen LogP contribution in [0, 0.1) is 5.92 Å². The van der Waals surface area contributed by atoms with Crippen molar-refractivity contribution >= 4 is 17.0 Å². The molecule has 2 aromatic rings. The molecule has 1 aromatic heterocycles. The zero-order valence-electron chi connectivity index (χ0n) is 12.7. The van der Waals surface area contributed by atoms with E-state index in [1.54, 1.807) is 0 Å². The van der Waals surface area contributed by atoms with Crippen LogP contribution < -0.4 is 10.5 Å². The molecule has 3 rings (SSSR count). The first-order valence-electron chi connectivity index (χ1n) is 7.64. The van der Waals surface area contributed by atoms with Crippen molar-refractivity contribution in [1.82, 2.24) is 9.55 Å². The summed E-state index contributed by atoms with van der Waals surface area (Å²) in [4.78, 5) is 4.51. The Morgan fingerprint density at radius 1 is 1.48 bits per heavy atom. The normalized spacial score (nSPS) is 19.3. The molecule has 5 nitrogen and oxygen atoms in total. The molecule has 1 fully saturated rings. The summed E-state index contributed by atoms with van der Waals surface area (Å²) >= 11 is 0. The minimum absolute atomic E-state index is 0.119. The number of aromatic nitrogens is 2. The molecule has 5 heteroatoms. The van der Waals surface area contributed by atoms with E-state index in [0.717, 1.165) is 43.0 Å². The Bertz CT molecular complexity index is 615. The summed E-state index contributed by atoms with van der Waals surface area (Å²) in [6, 6.07) is 5.99. The molecule has 0 spiro atoms. The first kappa shape index (κ1) is 14.2. The number of hydrogen-bond donors (Lipinski definition) is 1. The molecule has 1 saturated heterocycles. The molecule has 1 aliphatic heterocycles. The third-order valence-corrected chi connectivity index (χ3v) is 3.83. The highest BCUT2D eigenvalue weighted by Gasteiger charge is 2.19. The molecule has 1 aromatic carbocycles. The number of nitrogens with two attached hydrogens (primary N) is 1. The van der Waals surface area contributed by atoms with E-state index in [0.29, 0.717) is 11.9 Å². The zero-order valence-corrected chi connectivity index (χ0v) is 12.7. The number of rotatable bonds is 4. The van der Waals surface area contributed by atoms with Crippen molar-refractivity contribution in [3.05, 3.63) is 18.2 Å². The van der Waals surface area contributed by atoms with Gasteiger partial charge in [0.1, 0.15) is 11.3 Å². The number of anilines is 1. The van der Waals surface area contributed by atoms with Crippen molar-refractivity contribution in [3.63, 3.8) is 0 Å². The summed E-state index contributed by atoms with van der Waals surface area (Å²) in [5, 5.41) is 0. The lowest BCUT2D eigenvalue weighted by Crippen LogP contribution is -2.22. The van der Waals surface area contributed by atoms with Crippen LogP contribution >= 0.6 is 0 Å². The van der Waals surface area contributed by atoms with Gasteiger partial charge in [-0.1, -0.05) is 6.07 Å². The fourth-order valence-corrected chi connectivity index (χ4v) is 2.89. The predicted molar refractivity (Wildman–Crippen MR) is 83.5 cm³/mol. The number of ether oxygens (including phenoxy) is 2. The fraction of sp³-hybridized carbons (Fsp3) is 0.562. The largest absolute Gasteiger partial charge is 0.489 e. The number of nitrogens with zero attached hydrogens (tertiary/aromatic N) is 2. The highest BCUT2D eigenvalue weighted by Crippen LogP contribution is 2.29. The number of hydrogen-bond acceptors (Lipinski definition) is 4. The second kappa shape index (κ2) is 5.93. The minimum atomic E-state index is 0.119. The number of benzene rings is 1. The van der Waals surface area contributed by atoms with E-state index in [4.69, 9.17) is 15.2 Å². The van der Waals surface area contributed by atoms with E-state index < -0.39 is 0 Å². The van der Waals surface area contributed by atoms with Crippen LogP contribution in [0.5, 0.6) is 5.75 Å². The van der Waals surface area contributed by atoms with Crippen LogP contribution in [0.4, 0.5) is 5.95 Å². The first-order valence-corrected chi connectivity index (χ1v) is 7.64. The lowest BCUT2D eigenvalue weighted by Gasteiger charge is -2.23. The summed E-state index contributed by atoms with van der Waals surface area (Å²) < 4.78 is 13.5. The minimum Gasteiger partial charge on any atom is -0.489 e. The average molecular weight is 289 g/mol. The van der Waals surface area contributed by atoms with Gasteiger partial charge in [0.15, 0.2) is 0 Å². The zero-order chi connectivity index (χ0) is 14.8. The maximum absolute atomic E-state index is 6.13. The van der Waals surface area contributed by atoms with Gasteiger partial charge in [-0.2, -0.15) is 0 Å². The average Bonchev–Trinajstić information content (AvgIpc) is 2.77. The van der Waals surface area contributed by atoms with Crippen molar-refractivity contribution in [1.29, 1.82) is 0 Å². The molecule has 0 radical (unpaired) electrons. The van der Waals surface area contributed by atoms with Crippen molar-refractivity contribution in [3.8, 4) is 5.75 Å². The maximum atomic E-state index is 6.13. The number of nitrogen functional groups attached to an aromatic ring is 1. The standard InChI is InChI=1S/C16H23N3O2/c1-11(2)21-14-7-3-6-13-15(14)18-16(17)19(13)9-12-5-4-8-20-10-12/h3,6-7,11-12H,4-5,8-10H2,1-2H3,(H2,17,18). The number of imidazole rings is 1. The molecule has 1 aliphatic rings. The van der Waals surface area contributed by atoms with Crippen LogP contribution in [0.3, 0.4) is 0 Å². The van der Waals surface area contributed by atoms with Crippen molar-refractivity contribution < 1.29 is 9.47 Å². The van der Waals surface area contributed by atoms with Crippen LogP contribution in [0.2, 0.25) is 0 Å². The van der Waals surface area contributed by atoms with Gasteiger partial charge in [0, 0.05) is 19.1 Å². The van der Waals surface area contributed by atoms with E-state index >= 15 is 0 Å². The van der Waals surface area contributed by atoms with Crippen molar-refractivity contribution in [2.75, 3.05) is 18.9 Å². The number of para-hydroxylation sites is 1. The van der Waals surface area contributed by atoms with Crippen LogP contribution in [0.1, 0.15) is 26.7 Å². The summed E-state index contributed by atoms with van der Waals surface area (Å²) in [6.07, 6.45) is 2.42. The van der Waals surface area contributed by atoms with Crippen molar-refractivity contribution in [2.45, 2.75) is 39.3 Å². The van der Waals surface area contributed by atoms with Crippen molar-refractivity contribution in [2.24, 2.45) is 5.92 Å². The van der Waals surface area contributed by atoms with Gasteiger partial charge >= 0.3 is 0 Å². The van der Waals surface area contributed by atoms with Crippen LogP contribution in [-0.4, -0.2) is 28.9 Å². The molecule has 2 N–H and O–H groups in total. The fourth-order valence-electron chi connectivity index (χ4n) is 2.89. The van der Waals surface area contributed by atoms with Gasteiger partial charge in [0.05, 0.1) is 18.2 Å². The Labute approximate surface area is 125 Å². The van der Waals surface area contributed by atoms with E-state index in [1.165, 1.54) is 6.42 Å². The van der Waals surface area contributed by atoms with Gasteiger partial charge in [-0.25, -0.2) is 4.98 Å². The lowest BCUT2D eigenvalue weighted by molar-refractivity contribution is 0.0490. The molecule has 0 bridgehead atoms. The molecular formula is C16H23N3O2. The van der Waals surface area contributed by atoms with E-state index in [-0.39, 0.29) is 6.10 Å². The van der Waals surface area contributed by atoms with Crippen LogP contribution in [0.25, 0.3) is 11.0 Å². The van der Waals surface area contributed by atoms with Crippen LogP contribution in [-0.2, 0) is 11.3 Å². The smallest absolute Gasteiger partial charge is 0.201 e. The Morgan fingerprint density at radius 3 is 3.05 bits per heavy atom. The molecule has 1 atom stereocenters. The second-order valence-electron chi connectivity index (χ2n) is 5.95. The third-order valence-electron chi connectivity index (χ3n) is 3.83. The molecular weight excluding hydrogens is 266 g/mol. The number of fused-ring (bicyclic) bond motifs is 1. The third kappa shape index (κ3) is 2.97. The summed E-state index contributed by atoms with van der Waals surface area (Å²) in [5.74, 6) is 1.86. The van der Waals surface area contributed by atoms with Gasteiger partial charge in [-0.3, -0.25) is 0 Å². The molecule has 0 saturated carbocycles. The topological polar surface area (TPSA) is 62.3 Å². The summed E-state index contributed by atoms with van der Waals surface area (Å²) in [5.41, 5.74) is 8.01. The quantitative estimate of drug-likeness (QED) is 0.940. The monoisotopic (exact) mass is 289 g/mol. The van der Waals surface area contributed by atoms with Gasteiger partial charge in [-0.05, 0) is 38.8 Å². The maximum Gasteiger partial charge on any atom is 0.201 e. The molecule has 114 valence electrons. The van der Waals surface area contributed by atoms with E-state index in [9.17, 15) is 0 Å². The highest BCUT2D eigenvalue weighted by molar-refractivity contribution is 5.84. The van der Waals surface area contributed by atoms with E-state index in [2.05, 4.69) is 15.6 Å². The highest BCUT2D eigenvalue weighted by atomic mass is 16.5. The summed E-state index contributed by atoms with van der Waals surface area (Å²) in [7, 11) is 0. The first-order chi connectivity index (χ1) is 10.1. The van der Waals surface area contributed by atoms with Gasteiger partial charge in [0.25, 0.3) is 0 Å². The molecule has 2 heterocycles. The van der Waals surface area contributed by atoms with Crippen LogP contribution in [0.15, 0.2) is 18.2 Å². The SMILES string of the molecule is CC(C)Oc1cccc2c1nc(N)n2CC1CCCOC1. The molecule has 21 heavy (non-hydrogen) atoms. The Morgan fingerprint density at radius 2 is 2.33 bits per heavy atom. The van der Waals surface area contributed by atoms with Gasteiger partial charge in [0.2, 0.25) is 5.95 Å². The predicted octanol–water partition coefficient (Wildman–Crippen LogP) is 2.83. The van der Waals surface area contributed by atoms with E-state index in [1.807, 2.05) is 26.0 Å². The Kier molecular flexibility index (Phi) is 4.01. The van der Waals surface area contributed by atoms with Gasteiger partial charge < -0.3 is 19.8 Å². The lowest BCUT2D eigenvalue weighted by atomic mass is 10.0. The Hall–Kier alpha value is -1.75. The molecule has 0 aliphatic carbocycles. The molecule has 1 unspecified atom stereocenters. The Balaban J connectivity index is 1.93. The second-order valence-corrected chi connectivity index (χ2v) is 5.95. The molecule has 0 amide bonds. The van der Waals surface area contributed by atoms with Gasteiger partial charge in [-0.15, -0.1) is 0 Å².